The molecular formula is C23H21F3N4OS. The maximum Gasteiger partial charge on any atom is 0.416 e. The Morgan fingerprint density at radius 3 is 2.59 bits per heavy atom. The van der Waals surface area contributed by atoms with Gasteiger partial charge in [-0.3, -0.25) is 9.88 Å². The molecule has 5 nitrogen and oxygen atoms in total. The second-order valence-corrected chi connectivity index (χ2v) is 8.34. The predicted molar refractivity (Wildman–Crippen MR) is 122 cm³/mol. The number of nitrogens with one attached hydrogen (secondary N) is 2. The lowest BCUT2D eigenvalue weighted by molar-refractivity contribution is -0.137. The third-order valence-electron chi connectivity index (χ3n) is 5.21. The molecule has 1 aromatic heterocycles. The Morgan fingerprint density at radius 2 is 1.88 bits per heavy atom. The van der Waals surface area contributed by atoms with E-state index >= 15 is 0 Å². The first-order chi connectivity index (χ1) is 15.3. The smallest absolute Gasteiger partial charge is 0.381 e. The Kier molecular flexibility index (Phi) is 6.27. The molecule has 0 spiro atoms. The van der Waals surface area contributed by atoms with Gasteiger partial charge in [0.15, 0.2) is 0 Å². The largest absolute Gasteiger partial charge is 0.416 e. The van der Waals surface area contributed by atoms with Gasteiger partial charge < -0.3 is 10.6 Å². The molecule has 2 N–H and O–H groups in total. The van der Waals surface area contributed by atoms with Gasteiger partial charge in [0.2, 0.25) is 0 Å². The number of hydrogen-bond acceptors (Lipinski definition) is 4. The second-order valence-electron chi connectivity index (χ2n) is 7.33. The van der Waals surface area contributed by atoms with Crippen molar-refractivity contribution in [3.05, 3.63) is 83.7 Å². The van der Waals surface area contributed by atoms with Crippen molar-refractivity contribution in [2.45, 2.75) is 24.5 Å². The van der Waals surface area contributed by atoms with Crippen LogP contribution in [0.15, 0.2) is 67.0 Å². The van der Waals surface area contributed by atoms with Crippen molar-refractivity contribution in [2.75, 3.05) is 21.8 Å². The fourth-order valence-corrected chi connectivity index (χ4v) is 4.36. The monoisotopic (exact) mass is 458 g/mol. The lowest BCUT2D eigenvalue weighted by Gasteiger charge is -2.25. The number of fused-ring (bicyclic) bond motifs is 1. The highest BCUT2D eigenvalue weighted by atomic mass is 32.2. The summed E-state index contributed by atoms with van der Waals surface area (Å²) >= 11 is 1.42. The summed E-state index contributed by atoms with van der Waals surface area (Å²) in [5.74, 6) is 0. The van der Waals surface area contributed by atoms with Crippen LogP contribution in [0.1, 0.15) is 16.7 Å². The van der Waals surface area contributed by atoms with Gasteiger partial charge in [-0.15, -0.1) is 11.8 Å². The number of anilines is 3. The van der Waals surface area contributed by atoms with E-state index in [9.17, 15) is 18.0 Å². The third kappa shape index (κ3) is 4.83. The third-order valence-corrected chi connectivity index (χ3v) is 6.13. The lowest BCUT2D eigenvalue weighted by Crippen LogP contribution is -2.39. The minimum Gasteiger partial charge on any atom is -0.381 e. The molecule has 4 rings (SSSR count). The Hall–Kier alpha value is -3.20. The highest BCUT2D eigenvalue weighted by molar-refractivity contribution is 7.99. The fraction of sp³-hybridized carbons (Fsp3) is 0.217. The zero-order valence-electron chi connectivity index (χ0n) is 17.2. The molecule has 2 aromatic carbocycles. The first kappa shape index (κ1) is 22.0. The number of benzene rings is 2. The Bertz CT molecular complexity index is 1110. The van der Waals surface area contributed by atoms with E-state index in [1.807, 2.05) is 24.5 Å². The minimum atomic E-state index is -4.47. The molecule has 2 heterocycles. The van der Waals surface area contributed by atoms with Crippen LogP contribution in [0.2, 0.25) is 0 Å². The number of halogens is 3. The first-order valence-corrected chi connectivity index (χ1v) is 11.2. The van der Waals surface area contributed by atoms with Crippen molar-refractivity contribution < 1.29 is 18.0 Å². The Morgan fingerprint density at radius 1 is 1.12 bits per heavy atom. The maximum atomic E-state index is 13.2. The number of rotatable bonds is 5. The van der Waals surface area contributed by atoms with Gasteiger partial charge in [-0.2, -0.15) is 13.2 Å². The summed E-state index contributed by atoms with van der Waals surface area (Å²) in [6.07, 6.45) is 1.30. The number of urea groups is 1. The van der Waals surface area contributed by atoms with E-state index in [4.69, 9.17) is 0 Å². The van der Waals surface area contributed by atoms with Gasteiger partial charge in [0, 0.05) is 36.7 Å². The summed E-state index contributed by atoms with van der Waals surface area (Å²) in [6.45, 7) is 0.591. The molecule has 1 atom stereocenters. The van der Waals surface area contributed by atoms with Gasteiger partial charge in [0.05, 0.1) is 16.6 Å². The molecule has 1 unspecified atom stereocenters. The van der Waals surface area contributed by atoms with E-state index in [1.165, 1.54) is 22.7 Å². The van der Waals surface area contributed by atoms with E-state index in [0.29, 0.717) is 24.3 Å². The number of nitrogens with zero attached hydrogens (tertiary/aromatic N) is 2. The molecular weight excluding hydrogens is 437 g/mol. The fourth-order valence-electron chi connectivity index (χ4n) is 3.60. The molecule has 0 radical (unpaired) electrons. The Balaban J connectivity index is 1.51. The molecule has 0 aliphatic carbocycles. The summed E-state index contributed by atoms with van der Waals surface area (Å²) < 4.78 is 39.6. The van der Waals surface area contributed by atoms with Gasteiger partial charge >= 0.3 is 12.2 Å². The lowest BCUT2D eigenvalue weighted by atomic mass is 10.1. The van der Waals surface area contributed by atoms with Crippen molar-refractivity contribution in [1.82, 2.24) is 4.98 Å². The number of carbonyl (C=O) groups excluding carboxylic acids is 1. The summed E-state index contributed by atoms with van der Waals surface area (Å²) in [5, 5.41) is 5.83. The van der Waals surface area contributed by atoms with Gasteiger partial charge in [0.1, 0.15) is 0 Å². The molecule has 2 amide bonds. The highest BCUT2D eigenvalue weighted by Crippen LogP contribution is 2.40. The average molecular weight is 459 g/mol. The maximum absolute atomic E-state index is 13.2. The SMILES string of the molecule is CSC1Cc2ccc(C(F)(F)F)cc2N1C(=O)Nc1cccc(NCc2ccncc2)c1. The zero-order chi connectivity index (χ0) is 22.7. The molecule has 0 bridgehead atoms. The predicted octanol–water partition coefficient (Wildman–Crippen LogP) is 6.00. The summed E-state index contributed by atoms with van der Waals surface area (Å²) in [7, 11) is 0. The van der Waals surface area contributed by atoms with E-state index in [2.05, 4.69) is 15.6 Å². The van der Waals surface area contributed by atoms with Crippen LogP contribution in [-0.2, 0) is 19.1 Å². The van der Waals surface area contributed by atoms with Gasteiger partial charge in [-0.05, 0) is 59.8 Å². The second kappa shape index (κ2) is 9.12. The van der Waals surface area contributed by atoms with Crippen molar-refractivity contribution in [2.24, 2.45) is 0 Å². The molecule has 0 fully saturated rings. The summed E-state index contributed by atoms with van der Waals surface area (Å²) in [5.41, 5.74) is 2.67. The molecule has 9 heteroatoms. The van der Waals surface area contributed by atoms with Crippen LogP contribution in [0.3, 0.4) is 0 Å². The van der Waals surface area contributed by atoms with Crippen molar-refractivity contribution >= 4 is 34.9 Å². The number of hydrogen-bond donors (Lipinski definition) is 2. The van der Waals surface area contributed by atoms with E-state index in [-0.39, 0.29) is 5.37 Å². The minimum absolute atomic E-state index is 0.276. The van der Waals surface area contributed by atoms with Crippen LogP contribution in [0.5, 0.6) is 0 Å². The molecule has 166 valence electrons. The highest BCUT2D eigenvalue weighted by Gasteiger charge is 2.37. The molecule has 32 heavy (non-hydrogen) atoms. The van der Waals surface area contributed by atoms with Crippen molar-refractivity contribution in [3.8, 4) is 0 Å². The van der Waals surface area contributed by atoms with Crippen LogP contribution < -0.4 is 15.5 Å². The quantitative estimate of drug-likeness (QED) is 0.493. The number of carbonyl (C=O) groups is 1. The van der Waals surface area contributed by atoms with Crippen LogP contribution in [0.4, 0.5) is 35.0 Å². The molecule has 0 saturated heterocycles. The van der Waals surface area contributed by atoms with Gasteiger partial charge in [-0.1, -0.05) is 12.1 Å². The van der Waals surface area contributed by atoms with Crippen LogP contribution in [-0.4, -0.2) is 22.6 Å². The number of alkyl halides is 3. The average Bonchev–Trinajstić information content (AvgIpc) is 3.16. The summed E-state index contributed by atoms with van der Waals surface area (Å²) in [6, 6.07) is 14.1. The Labute approximate surface area is 188 Å². The number of aromatic nitrogens is 1. The van der Waals surface area contributed by atoms with E-state index in [0.717, 1.165) is 28.9 Å². The normalized spacial score (nSPS) is 15.4. The number of thioether (sulfide) groups is 1. The molecule has 0 saturated carbocycles. The number of amides is 2. The molecule has 1 aliphatic rings. The summed E-state index contributed by atoms with van der Waals surface area (Å²) in [4.78, 5) is 18.5. The first-order valence-electron chi connectivity index (χ1n) is 9.91. The van der Waals surface area contributed by atoms with E-state index < -0.39 is 17.8 Å². The van der Waals surface area contributed by atoms with Crippen LogP contribution >= 0.6 is 11.8 Å². The van der Waals surface area contributed by atoms with Crippen LogP contribution in [0, 0.1) is 0 Å². The van der Waals surface area contributed by atoms with Crippen LogP contribution in [0.25, 0.3) is 0 Å². The van der Waals surface area contributed by atoms with E-state index in [1.54, 1.807) is 30.6 Å². The van der Waals surface area contributed by atoms with Crippen molar-refractivity contribution in [3.63, 3.8) is 0 Å². The van der Waals surface area contributed by atoms with Gasteiger partial charge in [-0.25, -0.2) is 4.79 Å². The number of pyridine rings is 1. The van der Waals surface area contributed by atoms with Gasteiger partial charge in [0.25, 0.3) is 0 Å². The molecule has 3 aromatic rings. The van der Waals surface area contributed by atoms with Crippen molar-refractivity contribution in [1.29, 1.82) is 0 Å². The standard InChI is InChI=1S/C23H21F3N4OS/c1-32-21-11-16-5-6-17(23(24,25)26)12-20(16)30(21)22(31)29-19-4-2-3-18(13-19)28-14-15-7-9-27-10-8-15/h2-10,12-13,21,28H,11,14H2,1H3,(H,29,31). The zero-order valence-corrected chi connectivity index (χ0v) is 18.0. The topological polar surface area (TPSA) is 57.3 Å². The molecule has 1 aliphatic heterocycles.